The first kappa shape index (κ1) is 15.9. The molecule has 0 aliphatic carbocycles. The van der Waals surface area contributed by atoms with Crippen molar-refractivity contribution in [3.05, 3.63) is 33.1 Å². The van der Waals surface area contributed by atoms with Crippen LogP contribution in [0.1, 0.15) is 23.5 Å². The van der Waals surface area contributed by atoms with Gasteiger partial charge in [-0.3, -0.25) is 4.79 Å². The Morgan fingerprint density at radius 2 is 2.05 bits per heavy atom. The summed E-state index contributed by atoms with van der Waals surface area (Å²) in [6.07, 6.45) is 0. The Morgan fingerprint density at radius 3 is 2.67 bits per heavy atom. The van der Waals surface area contributed by atoms with E-state index in [1.54, 1.807) is 18.2 Å². The largest absolute Gasteiger partial charge is 0.382 e. The van der Waals surface area contributed by atoms with Gasteiger partial charge >= 0.3 is 0 Å². The summed E-state index contributed by atoms with van der Waals surface area (Å²) >= 11 is 12.9. The van der Waals surface area contributed by atoms with Crippen LogP contribution in [0.5, 0.6) is 0 Å². The van der Waals surface area contributed by atoms with E-state index in [1.165, 1.54) is 11.3 Å². The molecule has 0 aliphatic rings. The number of nitrogens with two attached hydrogens (primary N) is 1. The number of carbonyl (C=O) groups is 1. The van der Waals surface area contributed by atoms with Gasteiger partial charge in [-0.15, -0.1) is 0 Å². The van der Waals surface area contributed by atoms with Crippen molar-refractivity contribution in [3.63, 3.8) is 0 Å². The number of nitrogens with zero attached hydrogens (tertiary/aromatic N) is 1. The summed E-state index contributed by atoms with van der Waals surface area (Å²) in [7, 11) is 0. The summed E-state index contributed by atoms with van der Waals surface area (Å²) in [5.74, 6) is -0.138. The minimum Gasteiger partial charge on any atom is -0.382 e. The highest BCUT2D eigenvalue weighted by atomic mass is 35.5. The van der Waals surface area contributed by atoms with Crippen LogP contribution in [-0.2, 0) is 0 Å². The first-order valence-corrected chi connectivity index (χ1v) is 7.73. The van der Waals surface area contributed by atoms with Crippen LogP contribution in [0.3, 0.4) is 0 Å². The van der Waals surface area contributed by atoms with Gasteiger partial charge in [-0.25, -0.2) is 4.98 Å². The molecular formula is C13H14Cl2N4OS. The first-order valence-electron chi connectivity index (χ1n) is 6.16. The highest BCUT2D eigenvalue weighted by molar-refractivity contribution is 7.18. The lowest BCUT2D eigenvalue weighted by Gasteiger charge is -2.05. The molecule has 2 aromatic rings. The van der Waals surface area contributed by atoms with Crippen molar-refractivity contribution >= 4 is 57.1 Å². The molecule has 0 unspecified atom stereocenters. The maximum atomic E-state index is 12.2. The quantitative estimate of drug-likeness (QED) is 0.779. The number of aromatic nitrogens is 1. The number of rotatable bonds is 4. The highest BCUT2D eigenvalue weighted by Gasteiger charge is 2.17. The fraction of sp³-hybridized carbons (Fsp3) is 0.231. The van der Waals surface area contributed by atoms with E-state index >= 15 is 0 Å². The molecule has 21 heavy (non-hydrogen) atoms. The molecule has 5 nitrogen and oxygen atoms in total. The Labute approximate surface area is 136 Å². The Kier molecular flexibility index (Phi) is 4.92. The lowest BCUT2D eigenvalue weighted by atomic mass is 10.3. The van der Waals surface area contributed by atoms with E-state index in [0.717, 1.165) is 0 Å². The van der Waals surface area contributed by atoms with E-state index in [4.69, 9.17) is 28.9 Å². The van der Waals surface area contributed by atoms with Gasteiger partial charge in [0.05, 0.1) is 10.0 Å². The number of anilines is 3. The third kappa shape index (κ3) is 4.00. The number of nitrogen functional groups attached to an aromatic ring is 1. The van der Waals surface area contributed by atoms with E-state index in [9.17, 15) is 4.79 Å². The van der Waals surface area contributed by atoms with E-state index in [1.807, 2.05) is 13.8 Å². The van der Waals surface area contributed by atoms with Gasteiger partial charge in [0.25, 0.3) is 5.91 Å². The second-order valence-electron chi connectivity index (χ2n) is 4.62. The zero-order valence-corrected chi connectivity index (χ0v) is 13.7. The Morgan fingerprint density at radius 1 is 1.33 bits per heavy atom. The molecule has 2 rings (SSSR count). The summed E-state index contributed by atoms with van der Waals surface area (Å²) in [5, 5.41) is 7.23. The predicted octanol–water partition coefficient (Wildman–Crippen LogP) is 4.10. The number of nitrogens with one attached hydrogen (secondary N) is 2. The van der Waals surface area contributed by atoms with Gasteiger partial charge in [0, 0.05) is 11.7 Å². The Bertz CT molecular complexity index is 672. The molecule has 0 spiro atoms. The average molecular weight is 345 g/mol. The molecule has 0 atom stereocenters. The van der Waals surface area contributed by atoms with Crippen LogP contribution in [0.15, 0.2) is 18.2 Å². The number of halogens is 2. The fourth-order valence-electron chi connectivity index (χ4n) is 1.57. The first-order chi connectivity index (χ1) is 9.86. The van der Waals surface area contributed by atoms with Crippen LogP contribution in [0.2, 0.25) is 10.0 Å². The molecular weight excluding hydrogens is 331 g/mol. The number of thiazole rings is 1. The third-order valence-electron chi connectivity index (χ3n) is 2.45. The molecule has 0 radical (unpaired) electrons. The van der Waals surface area contributed by atoms with Gasteiger partial charge in [0.2, 0.25) is 0 Å². The molecule has 1 heterocycles. The van der Waals surface area contributed by atoms with Crippen LogP contribution in [0, 0.1) is 0 Å². The number of hydrogen-bond acceptors (Lipinski definition) is 5. The highest BCUT2D eigenvalue weighted by Crippen LogP contribution is 2.28. The molecule has 1 aromatic carbocycles. The van der Waals surface area contributed by atoms with Gasteiger partial charge in [-0.05, 0) is 32.0 Å². The van der Waals surface area contributed by atoms with Crippen LogP contribution in [0.25, 0.3) is 0 Å². The Balaban J connectivity index is 2.16. The van der Waals surface area contributed by atoms with Crippen LogP contribution >= 0.6 is 34.5 Å². The predicted molar refractivity (Wildman–Crippen MR) is 89.7 cm³/mol. The lowest BCUT2D eigenvalue weighted by Crippen LogP contribution is -2.12. The third-order valence-corrected chi connectivity index (χ3v) is 4.19. The second kappa shape index (κ2) is 6.51. The summed E-state index contributed by atoms with van der Waals surface area (Å²) in [6, 6.07) is 5.06. The molecule has 1 aromatic heterocycles. The van der Waals surface area contributed by atoms with Gasteiger partial charge in [-0.1, -0.05) is 34.5 Å². The van der Waals surface area contributed by atoms with Crippen LogP contribution in [0.4, 0.5) is 16.6 Å². The van der Waals surface area contributed by atoms with Crippen LogP contribution < -0.4 is 16.4 Å². The normalized spacial score (nSPS) is 10.7. The van der Waals surface area contributed by atoms with Crippen molar-refractivity contribution in [2.75, 3.05) is 16.4 Å². The van der Waals surface area contributed by atoms with Gasteiger partial charge < -0.3 is 16.4 Å². The molecule has 8 heteroatoms. The Hall–Kier alpha value is -1.50. The van der Waals surface area contributed by atoms with Gasteiger partial charge in [0.15, 0.2) is 5.13 Å². The standard InChI is InChI=1S/C13H14Cl2N4OS/c1-6(2)17-13-19-11(16)10(21-13)12(20)18-7-3-4-8(14)9(15)5-7/h3-6H,16H2,1-2H3,(H,17,19)(H,18,20). The zero-order valence-electron chi connectivity index (χ0n) is 11.4. The van der Waals surface area contributed by atoms with Crippen molar-refractivity contribution in [1.82, 2.24) is 4.98 Å². The average Bonchev–Trinajstić information content (AvgIpc) is 2.74. The molecule has 112 valence electrons. The monoisotopic (exact) mass is 344 g/mol. The van der Waals surface area contributed by atoms with Crippen molar-refractivity contribution in [2.45, 2.75) is 19.9 Å². The number of benzene rings is 1. The van der Waals surface area contributed by atoms with Crippen molar-refractivity contribution < 1.29 is 4.79 Å². The fourth-order valence-corrected chi connectivity index (χ4v) is 2.79. The SMILES string of the molecule is CC(C)Nc1nc(N)c(C(=O)Nc2ccc(Cl)c(Cl)c2)s1. The molecule has 0 aliphatic heterocycles. The molecule has 1 amide bonds. The number of hydrogen-bond donors (Lipinski definition) is 3. The lowest BCUT2D eigenvalue weighted by molar-refractivity contribution is 0.103. The topological polar surface area (TPSA) is 80.0 Å². The smallest absolute Gasteiger partial charge is 0.269 e. The van der Waals surface area contributed by atoms with Gasteiger partial charge in [0.1, 0.15) is 10.7 Å². The second-order valence-corrected chi connectivity index (χ2v) is 6.43. The minimum atomic E-state index is -0.333. The summed E-state index contributed by atoms with van der Waals surface area (Å²) in [6.45, 7) is 3.96. The van der Waals surface area contributed by atoms with Crippen molar-refractivity contribution in [2.24, 2.45) is 0 Å². The summed E-state index contributed by atoms with van der Waals surface area (Å²) < 4.78 is 0. The van der Waals surface area contributed by atoms with E-state index in [2.05, 4.69) is 15.6 Å². The molecule has 0 saturated carbocycles. The zero-order chi connectivity index (χ0) is 15.6. The van der Waals surface area contributed by atoms with Crippen molar-refractivity contribution in [3.8, 4) is 0 Å². The van der Waals surface area contributed by atoms with E-state index in [-0.39, 0.29) is 17.8 Å². The molecule has 0 bridgehead atoms. The molecule has 0 fully saturated rings. The van der Waals surface area contributed by atoms with Gasteiger partial charge in [-0.2, -0.15) is 0 Å². The maximum absolute atomic E-state index is 12.2. The maximum Gasteiger partial charge on any atom is 0.269 e. The minimum absolute atomic E-state index is 0.195. The van der Waals surface area contributed by atoms with E-state index < -0.39 is 0 Å². The van der Waals surface area contributed by atoms with Crippen LogP contribution in [-0.4, -0.2) is 16.9 Å². The molecule has 0 saturated heterocycles. The van der Waals surface area contributed by atoms with Crippen molar-refractivity contribution in [1.29, 1.82) is 0 Å². The van der Waals surface area contributed by atoms with E-state index in [0.29, 0.717) is 25.7 Å². The number of amides is 1. The summed E-state index contributed by atoms with van der Waals surface area (Å²) in [5.41, 5.74) is 6.32. The number of carbonyl (C=O) groups excluding carboxylic acids is 1. The molecule has 4 N–H and O–H groups in total. The summed E-state index contributed by atoms with van der Waals surface area (Å²) in [4.78, 5) is 16.7.